The topological polar surface area (TPSA) is 90.0 Å². The maximum atomic E-state index is 13.3. The molecule has 5 rings (SSSR count). The van der Waals surface area contributed by atoms with Gasteiger partial charge in [-0.05, 0) is 103 Å². The Balaban J connectivity index is 1.54. The molecule has 1 aliphatic heterocycles. The molecule has 38 heavy (non-hydrogen) atoms. The Morgan fingerprint density at radius 1 is 1.00 bits per heavy atom. The van der Waals surface area contributed by atoms with Crippen LogP contribution < -0.4 is 16.4 Å². The molecular formula is C29H37N7O2. The molecule has 0 spiro atoms. The summed E-state index contributed by atoms with van der Waals surface area (Å²) in [5.74, 6) is 1.00. The number of hydrogen-bond donors (Lipinski definition) is 1. The molecule has 4 heterocycles. The number of nitrogens with zero attached hydrogens (tertiary/aromatic N) is 6. The Labute approximate surface area is 222 Å². The molecule has 9 nitrogen and oxygen atoms in total. The summed E-state index contributed by atoms with van der Waals surface area (Å²) in [4.78, 5) is 37.4. The van der Waals surface area contributed by atoms with Crippen molar-refractivity contribution >= 4 is 22.7 Å². The maximum Gasteiger partial charge on any atom is 0.278 e. The van der Waals surface area contributed by atoms with Crippen LogP contribution in [-0.2, 0) is 0 Å². The Morgan fingerprint density at radius 2 is 1.74 bits per heavy atom. The molecule has 4 aromatic rings. The van der Waals surface area contributed by atoms with E-state index in [1.165, 1.54) is 30.0 Å². The quantitative estimate of drug-likeness (QED) is 0.398. The predicted octanol–water partition coefficient (Wildman–Crippen LogP) is 4.77. The fraction of sp³-hybridized carbons (Fsp3) is 0.448. The number of aryl methyl sites for hydroxylation is 1. The number of benzene rings is 1. The number of likely N-dealkylation sites (tertiary alicyclic amines) is 1. The number of nitrogens with one attached hydrogen (secondary N) is 1. The van der Waals surface area contributed by atoms with Crippen molar-refractivity contribution in [3.8, 4) is 5.69 Å². The van der Waals surface area contributed by atoms with E-state index in [4.69, 9.17) is 4.98 Å². The first-order chi connectivity index (χ1) is 18.1. The first-order valence-corrected chi connectivity index (χ1v) is 13.4. The lowest BCUT2D eigenvalue weighted by molar-refractivity contribution is 0.255. The molecule has 1 aromatic carbocycles. The molecule has 0 amide bonds. The first-order valence-electron chi connectivity index (χ1n) is 13.4. The van der Waals surface area contributed by atoms with Crippen molar-refractivity contribution in [3.63, 3.8) is 0 Å². The SMILES string of the molecule is Cc1cc(Nc2ncc3c(=O)n(C(C)C)n(-c4ccc(=O)n(C(C)C)c4)c3n2)ccc1C1CCN(C)CC1. The fourth-order valence-corrected chi connectivity index (χ4v) is 5.45. The summed E-state index contributed by atoms with van der Waals surface area (Å²) in [7, 11) is 2.18. The van der Waals surface area contributed by atoms with Crippen molar-refractivity contribution in [2.24, 2.45) is 0 Å². The minimum atomic E-state index is -0.165. The normalized spacial score (nSPS) is 15.2. The van der Waals surface area contributed by atoms with E-state index in [9.17, 15) is 9.59 Å². The van der Waals surface area contributed by atoms with Crippen molar-refractivity contribution in [1.82, 2.24) is 28.8 Å². The number of fused-ring (bicyclic) bond motifs is 1. The third-order valence-electron chi connectivity index (χ3n) is 7.52. The first kappa shape index (κ1) is 25.9. The minimum Gasteiger partial charge on any atom is -0.324 e. The van der Waals surface area contributed by atoms with Crippen molar-refractivity contribution < 1.29 is 0 Å². The van der Waals surface area contributed by atoms with Gasteiger partial charge in [0.15, 0.2) is 5.65 Å². The van der Waals surface area contributed by atoms with Gasteiger partial charge in [-0.1, -0.05) is 6.07 Å². The van der Waals surface area contributed by atoms with Crippen LogP contribution in [0.4, 0.5) is 11.6 Å². The highest BCUT2D eigenvalue weighted by Crippen LogP contribution is 2.31. The van der Waals surface area contributed by atoms with E-state index >= 15 is 0 Å². The number of rotatable bonds is 6. The highest BCUT2D eigenvalue weighted by Gasteiger charge is 2.22. The lowest BCUT2D eigenvalue weighted by Crippen LogP contribution is -2.29. The van der Waals surface area contributed by atoms with Crippen LogP contribution in [0.2, 0.25) is 0 Å². The van der Waals surface area contributed by atoms with Crippen LogP contribution in [-0.4, -0.2) is 48.9 Å². The van der Waals surface area contributed by atoms with E-state index in [0.717, 1.165) is 18.8 Å². The van der Waals surface area contributed by atoms with Gasteiger partial charge in [0.25, 0.3) is 11.1 Å². The molecule has 0 radical (unpaired) electrons. The van der Waals surface area contributed by atoms with Crippen LogP contribution in [0.25, 0.3) is 16.7 Å². The van der Waals surface area contributed by atoms with Gasteiger partial charge in [-0.25, -0.2) is 14.3 Å². The lowest BCUT2D eigenvalue weighted by atomic mass is 9.87. The van der Waals surface area contributed by atoms with Crippen molar-refractivity contribution in [1.29, 1.82) is 0 Å². The van der Waals surface area contributed by atoms with E-state index in [1.54, 1.807) is 32.4 Å². The van der Waals surface area contributed by atoms with Crippen molar-refractivity contribution in [3.05, 3.63) is 74.6 Å². The van der Waals surface area contributed by atoms with E-state index in [0.29, 0.717) is 28.6 Å². The number of pyridine rings is 1. The molecule has 1 aliphatic rings. The zero-order valence-corrected chi connectivity index (χ0v) is 23.1. The molecular weight excluding hydrogens is 478 g/mol. The molecule has 1 N–H and O–H groups in total. The third kappa shape index (κ3) is 4.78. The van der Waals surface area contributed by atoms with Crippen LogP contribution in [0.15, 0.2) is 52.3 Å². The highest BCUT2D eigenvalue weighted by molar-refractivity contribution is 5.77. The molecule has 0 atom stereocenters. The Hall–Kier alpha value is -3.72. The molecule has 0 saturated carbocycles. The molecule has 3 aromatic heterocycles. The van der Waals surface area contributed by atoms with Crippen molar-refractivity contribution in [2.75, 3.05) is 25.5 Å². The second-order valence-electron chi connectivity index (χ2n) is 11.0. The third-order valence-corrected chi connectivity index (χ3v) is 7.52. The summed E-state index contributed by atoms with van der Waals surface area (Å²) in [5, 5.41) is 3.77. The van der Waals surface area contributed by atoms with Crippen LogP contribution in [0, 0.1) is 6.92 Å². The van der Waals surface area contributed by atoms with E-state index in [1.807, 2.05) is 27.7 Å². The summed E-state index contributed by atoms with van der Waals surface area (Å²) < 4.78 is 5.11. The Morgan fingerprint density at radius 3 is 2.39 bits per heavy atom. The average molecular weight is 516 g/mol. The average Bonchev–Trinajstić information content (AvgIpc) is 3.17. The molecule has 0 aliphatic carbocycles. The molecule has 1 fully saturated rings. The monoisotopic (exact) mass is 515 g/mol. The summed E-state index contributed by atoms with van der Waals surface area (Å²) in [6.45, 7) is 12.2. The smallest absolute Gasteiger partial charge is 0.278 e. The fourth-order valence-electron chi connectivity index (χ4n) is 5.45. The van der Waals surface area contributed by atoms with E-state index < -0.39 is 0 Å². The Kier molecular flexibility index (Phi) is 6.96. The van der Waals surface area contributed by atoms with Gasteiger partial charge in [0.05, 0.1) is 5.69 Å². The number of hydrogen-bond acceptors (Lipinski definition) is 6. The summed E-state index contributed by atoms with van der Waals surface area (Å²) in [5.41, 5.74) is 4.51. The molecule has 0 bridgehead atoms. The summed E-state index contributed by atoms with van der Waals surface area (Å²) in [6, 6.07) is 9.57. The lowest BCUT2D eigenvalue weighted by Gasteiger charge is -2.30. The molecule has 0 unspecified atom stereocenters. The summed E-state index contributed by atoms with van der Waals surface area (Å²) >= 11 is 0. The van der Waals surface area contributed by atoms with Gasteiger partial charge in [-0.15, -0.1) is 0 Å². The van der Waals surface area contributed by atoms with Gasteiger partial charge in [0.1, 0.15) is 5.39 Å². The van der Waals surface area contributed by atoms with Gasteiger partial charge >= 0.3 is 0 Å². The molecule has 200 valence electrons. The second kappa shape index (κ2) is 10.2. The maximum absolute atomic E-state index is 13.3. The number of anilines is 2. The van der Waals surface area contributed by atoms with Gasteiger partial charge in [-0.3, -0.25) is 9.59 Å². The van der Waals surface area contributed by atoms with Gasteiger partial charge in [-0.2, -0.15) is 4.98 Å². The standard InChI is InChI=1S/C29H37N7O2/c1-18(2)34-17-23(8-10-26(34)37)36-27-25(28(38)35(36)19(3)4)16-30-29(32-27)31-22-7-9-24(20(5)15-22)21-11-13-33(6)14-12-21/h7-10,15-19,21H,11-14H2,1-6H3,(H,30,31,32). The highest BCUT2D eigenvalue weighted by atomic mass is 16.1. The van der Waals surface area contributed by atoms with Gasteiger partial charge < -0.3 is 14.8 Å². The van der Waals surface area contributed by atoms with Gasteiger partial charge in [0, 0.05) is 36.2 Å². The molecule has 9 heteroatoms. The number of aromatic nitrogens is 5. The van der Waals surface area contributed by atoms with E-state index in [2.05, 4.69) is 47.4 Å². The van der Waals surface area contributed by atoms with E-state index in [-0.39, 0.29) is 23.2 Å². The molecule has 1 saturated heterocycles. The van der Waals surface area contributed by atoms with Crippen LogP contribution in [0.5, 0.6) is 0 Å². The zero-order chi connectivity index (χ0) is 27.1. The zero-order valence-electron chi connectivity index (χ0n) is 23.1. The number of piperidine rings is 1. The van der Waals surface area contributed by atoms with Gasteiger partial charge in [0.2, 0.25) is 5.95 Å². The largest absolute Gasteiger partial charge is 0.324 e. The second-order valence-corrected chi connectivity index (χ2v) is 11.0. The predicted molar refractivity (Wildman–Crippen MR) is 152 cm³/mol. The van der Waals surface area contributed by atoms with Crippen LogP contribution in [0.3, 0.4) is 0 Å². The van der Waals surface area contributed by atoms with Crippen molar-refractivity contribution in [2.45, 2.75) is 65.5 Å². The Bertz CT molecular complexity index is 1590. The van der Waals surface area contributed by atoms with Crippen LogP contribution in [0.1, 0.15) is 69.7 Å². The van der Waals surface area contributed by atoms with Crippen LogP contribution >= 0.6 is 0 Å². The summed E-state index contributed by atoms with van der Waals surface area (Å²) in [6.07, 6.45) is 5.72. The minimum absolute atomic E-state index is 0.0175.